The topological polar surface area (TPSA) is 86.8 Å². The van der Waals surface area contributed by atoms with Crippen LogP contribution in [-0.4, -0.2) is 44.4 Å². The van der Waals surface area contributed by atoms with Crippen LogP contribution in [0.4, 0.5) is 17.3 Å². The molecule has 0 saturated carbocycles. The second-order valence-corrected chi connectivity index (χ2v) is 5.93. The SMILES string of the molecule is COc1ccc(OCCNc2cc(Nc3ccc(OC)cc3OC)ncn2)cc1. The zero-order chi connectivity index (χ0) is 20.5. The van der Waals surface area contributed by atoms with Crippen molar-refractivity contribution >= 4 is 17.3 Å². The number of aromatic nitrogens is 2. The van der Waals surface area contributed by atoms with Crippen LogP contribution in [0.2, 0.25) is 0 Å². The summed E-state index contributed by atoms with van der Waals surface area (Å²) in [6.07, 6.45) is 1.49. The summed E-state index contributed by atoms with van der Waals surface area (Å²) in [6.45, 7) is 1.08. The zero-order valence-corrected chi connectivity index (χ0v) is 16.6. The monoisotopic (exact) mass is 396 g/mol. The van der Waals surface area contributed by atoms with E-state index in [1.165, 1.54) is 6.33 Å². The molecular formula is C21H24N4O4. The van der Waals surface area contributed by atoms with Gasteiger partial charge in [-0.3, -0.25) is 0 Å². The van der Waals surface area contributed by atoms with Crippen LogP contribution in [0.15, 0.2) is 54.9 Å². The third kappa shape index (κ3) is 5.65. The molecule has 152 valence electrons. The summed E-state index contributed by atoms with van der Waals surface area (Å²) < 4.78 is 21.4. The van der Waals surface area contributed by atoms with Crippen LogP contribution in [0.5, 0.6) is 23.0 Å². The van der Waals surface area contributed by atoms with Crippen LogP contribution in [0.25, 0.3) is 0 Å². The van der Waals surface area contributed by atoms with E-state index in [1.54, 1.807) is 27.4 Å². The molecule has 29 heavy (non-hydrogen) atoms. The number of rotatable bonds is 10. The fourth-order valence-corrected chi connectivity index (χ4v) is 2.58. The number of benzene rings is 2. The van der Waals surface area contributed by atoms with Crippen molar-refractivity contribution in [2.24, 2.45) is 0 Å². The van der Waals surface area contributed by atoms with Crippen LogP contribution in [-0.2, 0) is 0 Å². The highest BCUT2D eigenvalue weighted by molar-refractivity contribution is 5.66. The van der Waals surface area contributed by atoms with Crippen molar-refractivity contribution in [3.63, 3.8) is 0 Å². The van der Waals surface area contributed by atoms with Gasteiger partial charge in [0, 0.05) is 12.1 Å². The smallest absolute Gasteiger partial charge is 0.146 e. The van der Waals surface area contributed by atoms with Crippen molar-refractivity contribution in [1.82, 2.24) is 9.97 Å². The van der Waals surface area contributed by atoms with Gasteiger partial charge in [-0.1, -0.05) is 0 Å². The van der Waals surface area contributed by atoms with E-state index in [0.717, 1.165) is 17.2 Å². The van der Waals surface area contributed by atoms with Gasteiger partial charge in [-0.05, 0) is 36.4 Å². The summed E-state index contributed by atoms with van der Waals surface area (Å²) in [5, 5.41) is 6.45. The Morgan fingerprint density at radius 1 is 0.759 bits per heavy atom. The predicted octanol–water partition coefficient (Wildman–Crippen LogP) is 3.74. The highest BCUT2D eigenvalue weighted by Crippen LogP contribution is 2.31. The number of methoxy groups -OCH3 is 3. The molecule has 8 heteroatoms. The lowest BCUT2D eigenvalue weighted by molar-refractivity contribution is 0.331. The van der Waals surface area contributed by atoms with Crippen LogP contribution < -0.4 is 29.6 Å². The molecule has 0 radical (unpaired) electrons. The average molecular weight is 396 g/mol. The number of nitrogens with one attached hydrogen (secondary N) is 2. The summed E-state index contributed by atoms with van der Waals surface area (Å²) in [5.41, 5.74) is 0.779. The maximum atomic E-state index is 5.70. The number of hydrogen-bond donors (Lipinski definition) is 2. The minimum Gasteiger partial charge on any atom is -0.497 e. The Bertz CT molecular complexity index is 919. The number of anilines is 3. The maximum Gasteiger partial charge on any atom is 0.146 e. The molecule has 2 N–H and O–H groups in total. The molecular weight excluding hydrogens is 372 g/mol. The Kier molecular flexibility index (Phi) is 6.94. The van der Waals surface area contributed by atoms with Gasteiger partial charge in [0.05, 0.1) is 33.6 Å². The molecule has 0 aliphatic heterocycles. The summed E-state index contributed by atoms with van der Waals surface area (Å²) >= 11 is 0. The van der Waals surface area contributed by atoms with Crippen molar-refractivity contribution in [3.05, 3.63) is 54.9 Å². The lowest BCUT2D eigenvalue weighted by atomic mass is 10.2. The van der Waals surface area contributed by atoms with Gasteiger partial charge in [0.15, 0.2) is 0 Å². The Morgan fingerprint density at radius 2 is 1.45 bits per heavy atom. The first-order valence-electron chi connectivity index (χ1n) is 9.03. The molecule has 0 saturated heterocycles. The average Bonchev–Trinajstić information content (AvgIpc) is 2.77. The third-order valence-electron chi connectivity index (χ3n) is 4.07. The molecule has 3 aromatic rings. The third-order valence-corrected chi connectivity index (χ3v) is 4.07. The minimum absolute atomic E-state index is 0.491. The quantitative estimate of drug-likeness (QED) is 0.501. The van der Waals surface area contributed by atoms with E-state index in [0.29, 0.717) is 36.3 Å². The summed E-state index contributed by atoms with van der Waals surface area (Å²) in [4.78, 5) is 8.49. The van der Waals surface area contributed by atoms with Gasteiger partial charge < -0.3 is 29.6 Å². The molecule has 0 aliphatic rings. The van der Waals surface area contributed by atoms with Crippen molar-refractivity contribution in [2.75, 3.05) is 45.1 Å². The van der Waals surface area contributed by atoms with Crippen molar-refractivity contribution in [2.45, 2.75) is 0 Å². The van der Waals surface area contributed by atoms with Gasteiger partial charge in [0.2, 0.25) is 0 Å². The van der Waals surface area contributed by atoms with E-state index in [2.05, 4.69) is 20.6 Å². The highest BCUT2D eigenvalue weighted by Gasteiger charge is 2.07. The molecule has 0 atom stereocenters. The van der Waals surface area contributed by atoms with Crippen LogP contribution in [0, 0.1) is 0 Å². The molecule has 0 aliphatic carbocycles. The van der Waals surface area contributed by atoms with Gasteiger partial charge in [0.25, 0.3) is 0 Å². The standard InChI is InChI=1S/C21H24N4O4/c1-26-15-4-6-16(7-5-15)29-11-10-22-20-13-21(24-14-23-20)25-18-9-8-17(27-2)12-19(18)28-3/h4-9,12-14H,10-11H2,1-3H3,(H2,22,23,24,25). The van der Waals surface area contributed by atoms with E-state index in [-0.39, 0.29) is 0 Å². The lowest BCUT2D eigenvalue weighted by Gasteiger charge is -2.13. The summed E-state index contributed by atoms with van der Waals surface area (Å²) in [6, 6.07) is 14.8. The fraction of sp³-hybridized carbons (Fsp3) is 0.238. The van der Waals surface area contributed by atoms with E-state index in [4.69, 9.17) is 18.9 Å². The largest absolute Gasteiger partial charge is 0.497 e. The second-order valence-electron chi connectivity index (χ2n) is 5.93. The van der Waals surface area contributed by atoms with E-state index in [1.807, 2.05) is 42.5 Å². The second kappa shape index (κ2) is 10.0. The van der Waals surface area contributed by atoms with Gasteiger partial charge in [-0.15, -0.1) is 0 Å². The Morgan fingerprint density at radius 3 is 2.17 bits per heavy atom. The molecule has 0 bridgehead atoms. The summed E-state index contributed by atoms with van der Waals surface area (Å²) in [5.74, 6) is 4.28. The normalized spacial score (nSPS) is 10.2. The van der Waals surface area contributed by atoms with Crippen LogP contribution in [0.3, 0.4) is 0 Å². The lowest BCUT2D eigenvalue weighted by Crippen LogP contribution is -2.12. The highest BCUT2D eigenvalue weighted by atomic mass is 16.5. The first-order chi connectivity index (χ1) is 14.2. The van der Waals surface area contributed by atoms with E-state index >= 15 is 0 Å². The maximum absolute atomic E-state index is 5.70. The Labute approximate surface area is 169 Å². The van der Waals surface area contributed by atoms with Crippen LogP contribution in [0.1, 0.15) is 0 Å². The minimum atomic E-state index is 0.491. The molecule has 3 rings (SSSR count). The molecule has 0 fully saturated rings. The number of hydrogen-bond acceptors (Lipinski definition) is 8. The molecule has 0 amide bonds. The first kappa shape index (κ1) is 20.1. The van der Waals surface area contributed by atoms with Gasteiger partial charge in [-0.25, -0.2) is 9.97 Å². The van der Waals surface area contributed by atoms with Crippen molar-refractivity contribution < 1.29 is 18.9 Å². The van der Waals surface area contributed by atoms with E-state index in [9.17, 15) is 0 Å². The van der Waals surface area contributed by atoms with Gasteiger partial charge >= 0.3 is 0 Å². The molecule has 1 aromatic heterocycles. The predicted molar refractivity (Wildman–Crippen MR) is 112 cm³/mol. The molecule has 1 heterocycles. The molecule has 2 aromatic carbocycles. The zero-order valence-electron chi connectivity index (χ0n) is 16.6. The first-order valence-corrected chi connectivity index (χ1v) is 9.03. The van der Waals surface area contributed by atoms with Gasteiger partial charge in [0.1, 0.15) is 47.6 Å². The summed E-state index contributed by atoms with van der Waals surface area (Å²) in [7, 11) is 4.85. The molecule has 0 unspecified atom stereocenters. The van der Waals surface area contributed by atoms with Gasteiger partial charge in [-0.2, -0.15) is 0 Å². The molecule has 8 nitrogen and oxygen atoms in total. The molecule has 0 spiro atoms. The van der Waals surface area contributed by atoms with Crippen LogP contribution >= 0.6 is 0 Å². The Balaban J connectivity index is 1.54. The van der Waals surface area contributed by atoms with Crippen molar-refractivity contribution in [3.8, 4) is 23.0 Å². The van der Waals surface area contributed by atoms with E-state index < -0.39 is 0 Å². The van der Waals surface area contributed by atoms with Crippen molar-refractivity contribution in [1.29, 1.82) is 0 Å². The number of ether oxygens (including phenoxy) is 4. The fourth-order valence-electron chi connectivity index (χ4n) is 2.58. The Hall–Kier alpha value is -3.68. The number of nitrogens with zero attached hydrogens (tertiary/aromatic N) is 2.